The van der Waals surface area contributed by atoms with Gasteiger partial charge < -0.3 is 9.67 Å². The monoisotopic (exact) mass is 296 g/mol. The molecule has 0 radical (unpaired) electrons. The van der Waals surface area contributed by atoms with Crippen LogP contribution in [0.4, 0.5) is 5.69 Å². The summed E-state index contributed by atoms with van der Waals surface area (Å²) < 4.78 is 28.0. The lowest BCUT2D eigenvalue weighted by atomic mass is 10.2. The molecule has 2 aromatic rings. The highest BCUT2D eigenvalue weighted by molar-refractivity contribution is 7.92. The van der Waals surface area contributed by atoms with Gasteiger partial charge in [-0.05, 0) is 13.0 Å². The number of carboxylic acid groups (broad SMARTS) is 1. The molecule has 2 heterocycles. The number of aromatic carboxylic acids is 1. The first-order chi connectivity index (χ1) is 9.31. The van der Waals surface area contributed by atoms with E-state index in [0.29, 0.717) is 5.82 Å². The van der Waals surface area contributed by atoms with E-state index in [0.717, 1.165) is 6.20 Å². The average molecular weight is 296 g/mol. The number of aryl methyl sites for hydroxylation is 2. The maximum atomic E-state index is 12.1. The Hall–Kier alpha value is -2.42. The summed E-state index contributed by atoms with van der Waals surface area (Å²) in [6.45, 7) is 1.66. The first-order valence-corrected chi connectivity index (χ1v) is 6.99. The summed E-state index contributed by atoms with van der Waals surface area (Å²) in [6, 6.07) is 1.21. The van der Waals surface area contributed by atoms with Gasteiger partial charge in [0, 0.05) is 19.4 Å². The third kappa shape index (κ3) is 2.62. The van der Waals surface area contributed by atoms with Crippen molar-refractivity contribution in [2.45, 2.75) is 11.9 Å². The molecule has 20 heavy (non-hydrogen) atoms. The molecule has 0 amide bonds. The van der Waals surface area contributed by atoms with Gasteiger partial charge >= 0.3 is 5.97 Å². The van der Waals surface area contributed by atoms with E-state index >= 15 is 0 Å². The molecule has 0 aliphatic heterocycles. The third-order valence-electron chi connectivity index (χ3n) is 2.66. The molecule has 0 saturated carbocycles. The van der Waals surface area contributed by atoms with Crippen molar-refractivity contribution in [2.24, 2.45) is 7.05 Å². The van der Waals surface area contributed by atoms with E-state index in [2.05, 4.69) is 14.7 Å². The maximum absolute atomic E-state index is 12.1. The third-order valence-corrected chi connectivity index (χ3v) is 3.89. The Morgan fingerprint density at radius 1 is 1.45 bits per heavy atom. The average Bonchev–Trinajstić information content (AvgIpc) is 2.70. The molecule has 0 aromatic carbocycles. The van der Waals surface area contributed by atoms with Gasteiger partial charge in [-0.25, -0.2) is 9.78 Å². The van der Waals surface area contributed by atoms with Crippen molar-refractivity contribution in [1.82, 2.24) is 14.5 Å². The molecule has 106 valence electrons. The molecular weight excluding hydrogens is 284 g/mol. The second-order valence-corrected chi connectivity index (χ2v) is 5.70. The van der Waals surface area contributed by atoms with Crippen molar-refractivity contribution in [3.63, 3.8) is 0 Å². The Morgan fingerprint density at radius 3 is 2.70 bits per heavy atom. The number of carbonyl (C=O) groups is 1. The molecule has 0 bridgehead atoms. The zero-order chi connectivity index (χ0) is 14.9. The summed E-state index contributed by atoms with van der Waals surface area (Å²) in [6.07, 6.45) is 3.75. The lowest BCUT2D eigenvalue weighted by molar-refractivity contribution is 0.0698. The number of rotatable bonds is 4. The second kappa shape index (κ2) is 4.93. The molecule has 0 saturated heterocycles. The van der Waals surface area contributed by atoms with Crippen molar-refractivity contribution in [2.75, 3.05) is 4.72 Å². The normalized spacial score (nSPS) is 11.3. The fourth-order valence-corrected chi connectivity index (χ4v) is 2.62. The number of hydrogen-bond acceptors (Lipinski definition) is 5. The number of pyridine rings is 1. The zero-order valence-corrected chi connectivity index (χ0v) is 11.5. The van der Waals surface area contributed by atoms with E-state index in [4.69, 9.17) is 5.11 Å². The van der Waals surface area contributed by atoms with Crippen molar-refractivity contribution in [3.05, 3.63) is 36.0 Å². The van der Waals surface area contributed by atoms with Gasteiger partial charge in [-0.15, -0.1) is 0 Å². The number of anilines is 1. The molecule has 8 nitrogen and oxygen atoms in total. The van der Waals surface area contributed by atoms with Gasteiger partial charge in [0.15, 0.2) is 5.03 Å². The van der Waals surface area contributed by atoms with Crippen molar-refractivity contribution >= 4 is 21.7 Å². The number of carboxylic acids is 1. The van der Waals surface area contributed by atoms with Crippen molar-refractivity contribution in [3.8, 4) is 0 Å². The van der Waals surface area contributed by atoms with Gasteiger partial charge in [0.05, 0.1) is 17.4 Å². The highest BCUT2D eigenvalue weighted by Crippen LogP contribution is 2.18. The van der Waals surface area contributed by atoms with Crippen LogP contribution in [0.15, 0.2) is 29.7 Å². The van der Waals surface area contributed by atoms with Gasteiger partial charge in [0.1, 0.15) is 5.82 Å². The van der Waals surface area contributed by atoms with Gasteiger partial charge in [0.25, 0.3) is 10.0 Å². The van der Waals surface area contributed by atoms with E-state index in [-0.39, 0.29) is 16.3 Å². The summed E-state index contributed by atoms with van der Waals surface area (Å²) in [5.41, 5.74) is -0.292. The fourth-order valence-electron chi connectivity index (χ4n) is 1.52. The minimum Gasteiger partial charge on any atom is -0.478 e. The number of imidazole rings is 1. The second-order valence-electron chi connectivity index (χ2n) is 4.07. The summed E-state index contributed by atoms with van der Waals surface area (Å²) in [4.78, 5) is 18.6. The molecule has 2 N–H and O–H groups in total. The lowest BCUT2D eigenvalue weighted by Crippen LogP contribution is -2.16. The lowest BCUT2D eigenvalue weighted by Gasteiger charge is -2.07. The fraction of sp³-hybridized carbons (Fsp3) is 0.182. The highest BCUT2D eigenvalue weighted by atomic mass is 32.2. The van der Waals surface area contributed by atoms with E-state index in [1.54, 1.807) is 18.5 Å². The van der Waals surface area contributed by atoms with Crippen LogP contribution in [0.3, 0.4) is 0 Å². The van der Waals surface area contributed by atoms with Crippen LogP contribution in [-0.2, 0) is 17.1 Å². The van der Waals surface area contributed by atoms with Crippen molar-refractivity contribution < 1.29 is 18.3 Å². The summed E-state index contributed by atoms with van der Waals surface area (Å²) in [5.74, 6) is -0.725. The maximum Gasteiger partial charge on any atom is 0.337 e. The molecule has 0 aliphatic rings. The molecule has 0 aliphatic carbocycles. The highest BCUT2D eigenvalue weighted by Gasteiger charge is 2.21. The van der Waals surface area contributed by atoms with E-state index in [9.17, 15) is 13.2 Å². The quantitative estimate of drug-likeness (QED) is 0.855. The Kier molecular flexibility index (Phi) is 3.45. The number of nitrogens with zero attached hydrogens (tertiary/aromatic N) is 3. The molecule has 2 aromatic heterocycles. The first-order valence-electron chi connectivity index (χ1n) is 5.51. The van der Waals surface area contributed by atoms with Crippen LogP contribution < -0.4 is 4.72 Å². The predicted octanol–water partition coefficient (Wildman–Crippen LogP) is 0.623. The molecule has 0 unspecified atom stereocenters. The number of sulfonamides is 1. The molecule has 0 fully saturated rings. The van der Waals surface area contributed by atoms with Crippen LogP contribution in [-0.4, -0.2) is 34.0 Å². The van der Waals surface area contributed by atoms with Crippen LogP contribution in [0.2, 0.25) is 0 Å². The smallest absolute Gasteiger partial charge is 0.337 e. The van der Waals surface area contributed by atoms with Gasteiger partial charge in [-0.1, -0.05) is 0 Å². The molecule has 0 atom stereocenters. The predicted molar refractivity (Wildman–Crippen MR) is 69.9 cm³/mol. The van der Waals surface area contributed by atoms with Crippen LogP contribution in [0.1, 0.15) is 16.2 Å². The van der Waals surface area contributed by atoms with E-state index < -0.39 is 16.0 Å². The summed E-state index contributed by atoms with van der Waals surface area (Å²) in [7, 11) is -2.30. The summed E-state index contributed by atoms with van der Waals surface area (Å²) >= 11 is 0. The van der Waals surface area contributed by atoms with E-state index in [1.165, 1.54) is 18.5 Å². The minimum atomic E-state index is -3.96. The number of hydrogen-bond donors (Lipinski definition) is 2. The topological polar surface area (TPSA) is 114 Å². The Balaban J connectivity index is 2.41. The molecular formula is C11H12N4O4S. The Morgan fingerprint density at radius 2 is 2.15 bits per heavy atom. The standard InChI is InChI=1S/C11H12N4O4S/c1-7-13-10(6-15(7)2)20(18,19)14-9-5-12-4-3-8(9)11(16)17/h3-6,14H,1-2H3,(H,16,17). The van der Waals surface area contributed by atoms with Crippen LogP contribution in [0.25, 0.3) is 0 Å². The number of nitrogens with one attached hydrogen (secondary N) is 1. The summed E-state index contributed by atoms with van der Waals surface area (Å²) in [5, 5.41) is 8.82. The van der Waals surface area contributed by atoms with E-state index in [1.807, 2.05) is 0 Å². The molecule has 9 heteroatoms. The Bertz CT molecular complexity index is 747. The van der Waals surface area contributed by atoms with Crippen LogP contribution in [0, 0.1) is 6.92 Å². The zero-order valence-electron chi connectivity index (χ0n) is 10.7. The molecule has 0 spiro atoms. The van der Waals surface area contributed by atoms with Gasteiger partial charge in [0.2, 0.25) is 0 Å². The number of aromatic nitrogens is 3. The van der Waals surface area contributed by atoms with Crippen LogP contribution in [0.5, 0.6) is 0 Å². The first kappa shape index (κ1) is 14.0. The minimum absolute atomic E-state index is 0.108. The van der Waals surface area contributed by atoms with Crippen LogP contribution >= 0.6 is 0 Å². The van der Waals surface area contributed by atoms with Crippen molar-refractivity contribution in [1.29, 1.82) is 0 Å². The molecule has 2 rings (SSSR count). The van der Waals surface area contributed by atoms with Gasteiger partial charge in [-0.3, -0.25) is 9.71 Å². The SMILES string of the molecule is Cc1nc(S(=O)(=O)Nc2cnccc2C(=O)O)cn1C. The van der Waals surface area contributed by atoms with Gasteiger partial charge in [-0.2, -0.15) is 8.42 Å². The Labute approximate surface area is 115 Å². The largest absolute Gasteiger partial charge is 0.478 e.